The van der Waals surface area contributed by atoms with Crippen LogP contribution in [0.25, 0.3) is 0 Å². The quantitative estimate of drug-likeness (QED) is 0.563. The lowest BCUT2D eigenvalue weighted by Gasteiger charge is -1.93. The zero-order valence-electron chi connectivity index (χ0n) is 7.85. The van der Waals surface area contributed by atoms with Crippen molar-refractivity contribution in [2.75, 3.05) is 0 Å². The minimum atomic E-state index is -0.127. The lowest BCUT2D eigenvalue weighted by molar-refractivity contribution is -0.129. The van der Waals surface area contributed by atoms with Gasteiger partial charge in [0.05, 0.1) is 0 Å². The number of hydrogen-bond acceptors (Lipinski definition) is 2. The van der Waals surface area contributed by atoms with Crippen LogP contribution in [0.15, 0.2) is 0 Å². The first-order valence-electron chi connectivity index (χ1n) is 4.53. The zero-order chi connectivity index (χ0) is 9.40. The molecule has 0 radical (unpaired) electrons. The van der Waals surface area contributed by atoms with E-state index in [-0.39, 0.29) is 11.8 Å². The molecule has 3 heteroatoms. The van der Waals surface area contributed by atoms with Gasteiger partial charge in [-0.05, 0) is 12.8 Å². The van der Waals surface area contributed by atoms with Crippen LogP contribution in [0.5, 0.6) is 0 Å². The Morgan fingerprint density at radius 3 is 1.75 bits per heavy atom. The average Bonchev–Trinajstić information content (AvgIpc) is 2.15. The van der Waals surface area contributed by atoms with Crippen molar-refractivity contribution in [3.8, 4) is 0 Å². The standard InChI is InChI=1S/C6H9NO2.C3H8/c8-5-3-1-2-4-6(9)7-5;1-3-2/h1-4H2,(H,7,8,9);3H2,1-2H3. The second-order valence-corrected chi connectivity index (χ2v) is 2.89. The maximum Gasteiger partial charge on any atom is 0.226 e. The highest BCUT2D eigenvalue weighted by Gasteiger charge is 2.11. The van der Waals surface area contributed by atoms with Gasteiger partial charge in [-0.3, -0.25) is 14.9 Å². The highest BCUT2D eigenvalue weighted by Crippen LogP contribution is 2.03. The van der Waals surface area contributed by atoms with E-state index in [2.05, 4.69) is 19.2 Å². The van der Waals surface area contributed by atoms with E-state index >= 15 is 0 Å². The minimum absolute atomic E-state index is 0.127. The molecule has 70 valence electrons. The Balaban J connectivity index is 0.000000354. The molecule has 12 heavy (non-hydrogen) atoms. The maximum absolute atomic E-state index is 10.6. The summed E-state index contributed by atoms with van der Waals surface area (Å²) < 4.78 is 0. The number of rotatable bonds is 0. The number of hydrogen-bond donors (Lipinski definition) is 1. The summed E-state index contributed by atoms with van der Waals surface area (Å²) in [5.74, 6) is -0.255. The molecule has 0 saturated carbocycles. The van der Waals surface area contributed by atoms with Crippen LogP contribution in [0.1, 0.15) is 46.0 Å². The van der Waals surface area contributed by atoms with Gasteiger partial charge in [-0.15, -0.1) is 0 Å². The molecule has 0 atom stereocenters. The van der Waals surface area contributed by atoms with Gasteiger partial charge in [-0.25, -0.2) is 0 Å². The van der Waals surface area contributed by atoms with Gasteiger partial charge >= 0.3 is 0 Å². The molecule has 0 unspecified atom stereocenters. The summed E-state index contributed by atoms with van der Waals surface area (Å²) >= 11 is 0. The summed E-state index contributed by atoms with van der Waals surface area (Å²) in [7, 11) is 0. The summed E-state index contributed by atoms with van der Waals surface area (Å²) in [5, 5.41) is 2.26. The molecule has 2 amide bonds. The topological polar surface area (TPSA) is 46.2 Å². The first kappa shape index (κ1) is 11.1. The van der Waals surface area contributed by atoms with E-state index < -0.39 is 0 Å². The highest BCUT2D eigenvalue weighted by molar-refractivity contribution is 5.95. The molecule has 1 rings (SSSR count). The molecule has 1 aliphatic rings. The average molecular weight is 171 g/mol. The van der Waals surface area contributed by atoms with Crippen LogP contribution < -0.4 is 5.32 Å². The van der Waals surface area contributed by atoms with Crippen molar-refractivity contribution >= 4 is 11.8 Å². The van der Waals surface area contributed by atoms with Crippen LogP contribution in [0.4, 0.5) is 0 Å². The van der Waals surface area contributed by atoms with Crippen molar-refractivity contribution < 1.29 is 9.59 Å². The Morgan fingerprint density at radius 1 is 1.08 bits per heavy atom. The van der Waals surface area contributed by atoms with Crippen LogP contribution in [-0.2, 0) is 9.59 Å². The van der Waals surface area contributed by atoms with Crippen LogP contribution in [0.3, 0.4) is 0 Å². The summed E-state index contributed by atoms with van der Waals surface area (Å²) in [5.41, 5.74) is 0. The van der Waals surface area contributed by atoms with E-state index in [0.29, 0.717) is 12.8 Å². The van der Waals surface area contributed by atoms with Gasteiger partial charge in [-0.1, -0.05) is 20.3 Å². The van der Waals surface area contributed by atoms with E-state index in [0.717, 1.165) is 12.8 Å². The zero-order valence-corrected chi connectivity index (χ0v) is 7.85. The van der Waals surface area contributed by atoms with Gasteiger partial charge in [0.15, 0.2) is 0 Å². The third-order valence-corrected chi connectivity index (χ3v) is 1.34. The Hall–Kier alpha value is -0.860. The lowest BCUT2D eigenvalue weighted by Crippen LogP contribution is -2.27. The Bertz CT molecular complexity index is 139. The molecule has 0 spiro atoms. The van der Waals surface area contributed by atoms with Gasteiger partial charge < -0.3 is 0 Å². The predicted octanol–water partition coefficient (Wildman–Crippen LogP) is 1.62. The number of nitrogens with one attached hydrogen (secondary N) is 1. The monoisotopic (exact) mass is 171 g/mol. The van der Waals surface area contributed by atoms with Gasteiger partial charge in [0.25, 0.3) is 0 Å². The molecule has 0 aliphatic carbocycles. The predicted molar refractivity (Wildman–Crippen MR) is 47.6 cm³/mol. The van der Waals surface area contributed by atoms with Crippen molar-refractivity contribution in [2.24, 2.45) is 0 Å². The van der Waals surface area contributed by atoms with Gasteiger partial charge in [0.2, 0.25) is 11.8 Å². The summed E-state index contributed by atoms with van der Waals surface area (Å²) in [6.07, 6.45) is 3.95. The fourth-order valence-corrected chi connectivity index (χ4v) is 0.852. The van der Waals surface area contributed by atoms with E-state index in [1.165, 1.54) is 6.42 Å². The molecule has 0 bridgehead atoms. The Morgan fingerprint density at radius 2 is 1.42 bits per heavy atom. The van der Waals surface area contributed by atoms with Crippen LogP contribution >= 0.6 is 0 Å². The highest BCUT2D eigenvalue weighted by atomic mass is 16.2. The van der Waals surface area contributed by atoms with Gasteiger partial charge in [0, 0.05) is 12.8 Å². The van der Waals surface area contributed by atoms with Crippen molar-refractivity contribution in [1.29, 1.82) is 0 Å². The van der Waals surface area contributed by atoms with Crippen LogP contribution in [0, 0.1) is 0 Å². The van der Waals surface area contributed by atoms with Crippen LogP contribution in [-0.4, -0.2) is 11.8 Å². The van der Waals surface area contributed by atoms with Crippen molar-refractivity contribution in [2.45, 2.75) is 46.0 Å². The molecule has 0 aromatic heterocycles. The van der Waals surface area contributed by atoms with Crippen molar-refractivity contribution in [1.82, 2.24) is 5.32 Å². The molecule has 0 aromatic carbocycles. The minimum Gasteiger partial charge on any atom is -0.296 e. The van der Waals surface area contributed by atoms with E-state index in [1.807, 2.05) is 0 Å². The molecular formula is C9H17NO2. The van der Waals surface area contributed by atoms with Gasteiger partial charge in [0.1, 0.15) is 0 Å². The number of carbonyl (C=O) groups excluding carboxylic acids is 2. The third kappa shape index (κ3) is 5.89. The van der Waals surface area contributed by atoms with Crippen molar-refractivity contribution in [3.05, 3.63) is 0 Å². The first-order chi connectivity index (χ1) is 5.70. The van der Waals surface area contributed by atoms with Crippen molar-refractivity contribution in [3.63, 3.8) is 0 Å². The summed E-state index contributed by atoms with van der Waals surface area (Å²) in [4.78, 5) is 21.1. The number of imide groups is 1. The van der Waals surface area contributed by atoms with E-state index in [4.69, 9.17) is 0 Å². The molecule has 1 heterocycles. The van der Waals surface area contributed by atoms with E-state index in [1.54, 1.807) is 0 Å². The summed E-state index contributed by atoms with van der Waals surface area (Å²) in [6, 6.07) is 0. The fraction of sp³-hybridized carbons (Fsp3) is 0.778. The summed E-state index contributed by atoms with van der Waals surface area (Å²) in [6.45, 7) is 4.25. The fourth-order valence-electron chi connectivity index (χ4n) is 0.852. The van der Waals surface area contributed by atoms with E-state index in [9.17, 15) is 9.59 Å². The Labute approximate surface area is 73.5 Å². The normalized spacial score (nSPS) is 17.2. The molecule has 1 N–H and O–H groups in total. The smallest absolute Gasteiger partial charge is 0.226 e. The third-order valence-electron chi connectivity index (χ3n) is 1.34. The SMILES string of the molecule is CCC.O=C1CCCCC(=O)N1. The largest absolute Gasteiger partial charge is 0.296 e. The second kappa shape index (κ2) is 6.83. The molecular weight excluding hydrogens is 154 g/mol. The maximum atomic E-state index is 10.6. The number of carbonyl (C=O) groups is 2. The molecule has 1 fully saturated rings. The molecule has 3 nitrogen and oxygen atoms in total. The van der Waals surface area contributed by atoms with Crippen LogP contribution in [0.2, 0.25) is 0 Å². The van der Waals surface area contributed by atoms with Gasteiger partial charge in [-0.2, -0.15) is 0 Å². The Kier molecular flexibility index (Phi) is 6.34. The number of amides is 2. The molecule has 1 aliphatic heterocycles. The second-order valence-electron chi connectivity index (χ2n) is 2.89. The molecule has 0 aromatic rings. The molecule has 1 saturated heterocycles. The lowest BCUT2D eigenvalue weighted by atomic mass is 10.2. The first-order valence-corrected chi connectivity index (χ1v) is 4.53.